The summed E-state index contributed by atoms with van der Waals surface area (Å²) in [6.07, 6.45) is 1.08. The van der Waals surface area contributed by atoms with Crippen molar-refractivity contribution in [2.75, 3.05) is 20.8 Å². The highest BCUT2D eigenvalue weighted by Crippen LogP contribution is 2.33. The van der Waals surface area contributed by atoms with Gasteiger partial charge in [0, 0.05) is 11.1 Å². The molecule has 0 fully saturated rings. The van der Waals surface area contributed by atoms with E-state index in [1.807, 2.05) is 19.1 Å². The molecule has 21 heavy (non-hydrogen) atoms. The van der Waals surface area contributed by atoms with Crippen LogP contribution in [-0.2, 0) is 0 Å². The van der Waals surface area contributed by atoms with Gasteiger partial charge in [0.2, 0.25) is 0 Å². The van der Waals surface area contributed by atoms with E-state index in [-0.39, 0.29) is 6.04 Å². The predicted octanol–water partition coefficient (Wildman–Crippen LogP) is 3.56. The van der Waals surface area contributed by atoms with Crippen LogP contribution in [0.4, 0.5) is 0 Å². The summed E-state index contributed by atoms with van der Waals surface area (Å²) in [5.41, 5.74) is 2.19. The highest BCUT2D eigenvalue weighted by Gasteiger charge is 2.18. The minimum atomic E-state index is 0.0865. The average molecular weight is 306 g/mol. The Balaban J connectivity index is 2.36. The maximum Gasteiger partial charge on any atom is 0.161 e. The Morgan fingerprint density at radius 2 is 2.00 bits per heavy atom. The van der Waals surface area contributed by atoms with Gasteiger partial charge in [-0.3, -0.25) is 0 Å². The van der Waals surface area contributed by atoms with E-state index in [4.69, 9.17) is 9.47 Å². The maximum atomic E-state index is 5.40. The van der Waals surface area contributed by atoms with Crippen LogP contribution >= 0.6 is 11.3 Å². The first-order valence-electron chi connectivity index (χ1n) is 7.07. The van der Waals surface area contributed by atoms with Crippen LogP contribution in [0.1, 0.15) is 35.7 Å². The number of ether oxygens (including phenoxy) is 2. The third-order valence-corrected chi connectivity index (χ3v) is 4.25. The molecule has 0 aliphatic rings. The van der Waals surface area contributed by atoms with Crippen LogP contribution in [0.5, 0.6) is 11.5 Å². The number of hydrogen-bond acceptors (Lipinski definition) is 5. The standard InChI is InChI=1S/C16H22N2O2S/c1-5-8-17-15(16-18-11(2)10-21-16)12-6-7-13(19-3)14(9-12)20-4/h6-7,9-10,15,17H,5,8H2,1-4H3. The summed E-state index contributed by atoms with van der Waals surface area (Å²) in [7, 11) is 3.30. The van der Waals surface area contributed by atoms with Crippen LogP contribution in [0.25, 0.3) is 0 Å². The van der Waals surface area contributed by atoms with Gasteiger partial charge in [-0.2, -0.15) is 0 Å². The fourth-order valence-corrected chi connectivity index (χ4v) is 3.07. The van der Waals surface area contributed by atoms with E-state index in [0.717, 1.165) is 40.7 Å². The second kappa shape index (κ2) is 7.43. The zero-order chi connectivity index (χ0) is 15.2. The Hall–Kier alpha value is -1.59. The molecular formula is C16H22N2O2S. The molecule has 0 saturated heterocycles. The molecular weight excluding hydrogens is 284 g/mol. The molecule has 114 valence electrons. The number of nitrogens with zero attached hydrogens (tertiary/aromatic N) is 1. The van der Waals surface area contributed by atoms with E-state index in [0.29, 0.717) is 0 Å². The zero-order valence-corrected chi connectivity index (χ0v) is 13.8. The Bertz CT molecular complexity index is 583. The van der Waals surface area contributed by atoms with Gasteiger partial charge in [0.25, 0.3) is 0 Å². The van der Waals surface area contributed by atoms with Crippen LogP contribution in [0.15, 0.2) is 23.6 Å². The lowest BCUT2D eigenvalue weighted by Crippen LogP contribution is -2.23. The Kier molecular flexibility index (Phi) is 5.59. The lowest BCUT2D eigenvalue weighted by molar-refractivity contribution is 0.354. The first-order chi connectivity index (χ1) is 10.2. The summed E-state index contributed by atoms with van der Waals surface area (Å²) in [6.45, 7) is 5.12. The number of rotatable bonds is 7. The molecule has 4 nitrogen and oxygen atoms in total. The van der Waals surface area contributed by atoms with E-state index < -0.39 is 0 Å². The molecule has 0 saturated carbocycles. The number of methoxy groups -OCH3 is 2. The third-order valence-electron chi connectivity index (χ3n) is 3.22. The summed E-state index contributed by atoms with van der Waals surface area (Å²) < 4.78 is 10.7. The number of aryl methyl sites for hydroxylation is 1. The number of nitrogens with one attached hydrogen (secondary N) is 1. The molecule has 0 aliphatic carbocycles. The van der Waals surface area contributed by atoms with E-state index in [1.54, 1.807) is 25.6 Å². The third kappa shape index (κ3) is 3.74. The molecule has 1 atom stereocenters. The van der Waals surface area contributed by atoms with Crippen molar-refractivity contribution in [3.8, 4) is 11.5 Å². The van der Waals surface area contributed by atoms with Gasteiger partial charge in [-0.1, -0.05) is 13.0 Å². The number of hydrogen-bond donors (Lipinski definition) is 1. The van der Waals surface area contributed by atoms with Crippen molar-refractivity contribution in [1.29, 1.82) is 0 Å². The molecule has 0 spiro atoms. The van der Waals surface area contributed by atoms with Gasteiger partial charge >= 0.3 is 0 Å². The Labute approximate surface area is 130 Å². The van der Waals surface area contributed by atoms with Crippen LogP contribution < -0.4 is 14.8 Å². The molecule has 1 aromatic heterocycles. The zero-order valence-electron chi connectivity index (χ0n) is 13.0. The molecule has 1 unspecified atom stereocenters. The molecule has 1 heterocycles. The minimum absolute atomic E-state index is 0.0865. The first kappa shape index (κ1) is 15.8. The summed E-state index contributed by atoms with van der Waals surface area (Å²) in [4.78, 5) is 4.62. The van der Waals surface area contributed by atoms with Gasteiger partial charge in [-0.15, -0.1) is 11.3 Å². The quantitative estimate of drug-likeness (QED) is 0.849. The van der Waals surface area contributed by atoms with E-state index >= 15 is 0 Å². The topological polar surface area (TPSA) is 43.4 Å². The second-order valence-electron chi connectivity index (χ2n) is 4.83. The van der Waals surface area contributed by atoms with Gasteiger partial charge in [0.1, 0.15) is 5.01 Å². The van der Waals surface area contributed by atoms with Crippen LogP contribution in [-0.4, -0.2) is 25.7 Å². The monoisotopic (exact) mass is 306 g/mol. The maximum absolute atomic E-state index is 5.40. The van der Waals surface area contributed by atoms with Crippen molar-refractivity contribution in [1.82, 2.24) is 10.3 Å². The average Bonchev–Trinajstić information content (AvgIpc) is 2.93. The molecule has 0 bridgehead atoms. The number of thiazole rings is 1. The first-order valence-corrected chi connectivity index (χ1v) is 7.94. The fraction of sp³-hybridized carbons (Fsp3) is 0.438. The SMILES string of the molecule is CCCNC(c1ccc(OC)c(OC)c1)c1nc(C)cs1. The number of aromatic nitrogens is 1. The molecule has 5 heteroatoms. The minimum Gasteiger partial charge on any atom is -0.493 e. The fourth-order valence-electron chi connectivity index (χ4n) is 2.17. The molecule has 2 rings (SSSR count). The molecule has 0 aliphatic heterocycles. The van der Waals surface area contributed by atoms with Crippen molar-refractivity contribution in [3.05, 3.63) is 39.8 Å². The Morgan fingerprint density at radius 1 is 1.24 bits per heavy atom. The largest absolute Gasteiger partial charge is 0.493 e. The highest BCUT2D eigenvalue weighted by atomic mass is 32.1. The van der Waals surface area contributed by atoms with Crippen LogP contribution in [0.2, 0.25) is 0 Å². The summed E-state index contributed by atoms with van der Waals surface area (Å²) in [5, 5.41) is 6.71. The molecule has 1 aromatic carbocycles. The van der Waals surface area contributed by atoms with Crippen molar-refractivity contribution in [2.24, 2.45) is 0 Å². The molecule has 2 aromatic rings. The van der Waals surface area contributed by atoms with E-state index in [1.165, 1.54) is 0 Å². The Morgan fingerprint density at radius 3 is 2.57 bits per heavy atom. The van der Waals surface area contributed by atoms with Gasteiger partial charge in [-0.25, -0.2) is 4.98 Å². The van der Waals surface area contributed by atoms with Crippen molar-refractivity contribution >= 4 is 11.3 Å². The van der Waals surface area contributed by atoms with Gasteiger partial charge in [0.05, 0.1) is 20.3 Å². The second-order valence-corrected chi connectivity index (χ2v) is 5.72. The van der Waals surface area contributed by atoms with Crippen molar-refractivity contribution in [2.45, 2.75) is 26.3 Å². The van der Waals surface area contributed by atoms with Gasteiger partial charge in [0.15, 0.2) is 11.5 Å². The van der Waals surface area contributed by atoms with Crippen LogP contribution in [0.3, 0.4) is 0 Å². The summed E-state index contributed by atoms with van der Waals surface area (Å²) in [5.74, 6) is 1.48. The van der Waals surface area contributed by atoms with Crippen LogP contribution in [0, 0.1) is 6.92 Å². The summed E-state index contributed by atoms with van der Waals surface area (Å²) >= 11 is 1.68. The predicted molar refractivity (Wildman–Crippen MR) is 86.5 cm³/mol. The lowest BCUT2D eigenvalue weighted by atomic mass is 10.1. The van der Waals surface area contributed by atoms with Crippen molar-refractivity contribution in [3.63, 3.8) is 0 Å². The van der Waals surface area contributed by atoms with Gasteiger partial charge < -0.3 is 14.8 Å². The highest BCUT2D eigenvalue weighted by molar-refractivity contribution is 7.09. The van der Waals surface area contributed by atoms with Gasteiger partial charge in [-0.05, 0) is 37.6 Å². The number of benzene rings is 1. The lowest BCUT2D eigenvalue weighted by Gasteiger charge is -2.18. The van der Waals surface area contributed by atoms with E-state index in [2.05, 4.69) is 28.7 Å². The smallest absolute Gasteiger partial charge is 0.161 e. The molecule has 1 N–H and O–H groups in total. The normalized spacial score (nSPS) is 12.2. The molecule has 0 amide bonds. The van der Waals surface area contributed by atoms with Crippen molar-refractivity contribution < 1.29 is 9.47 Å². The molecule has 0 radical (unpaired) electrons. The van der Waals surface area contributed by atoms with E-state index in [9.17, 15) is 0 Å². The summed E-state index contributed by atoms with van der Waals surface area (Å²) in [6, 6.07) is 6.10.